The number of carbonyl (C=O) groups excluding carboxylic acids is 2. The largest absolute Gasteiger partial charge is 0.480 e. The highest BCUT2D eigenvalue weighted by Gasteiger charge is 2.20. The number of nitro groups is 1. The average Bonchev–Trinajstić information content (AvgIpc) is 2.55. The van der Waals surface area contributed by atoms with Crippen LogP contribution in [0.4, 0.5) is 0 Å². The normalized spacial score (nSPS) is 11.7. The Kier molecular flexibility index (Phi) is 14.6. The maximum atomic E-state index is 11.8. The Balaban J connectivity index is 3.59. The van der Waals surface area contributed by atoms with Gasteiger partial charge in [-0.15, -0.1) is 0 Å². The Labute approximate surface area is 158 Å². The van der Waals surface area contributed by atoms with Crippen LogP contribution >= 0.6 is 11.8 Å². The fourth-order valence-electron chi connectivity index (χ4n) is 2.41. The summed E-state index contributed by atoms with van der Waals surface area (Å²) in [4.78, 5) is 43.6. The van der Waals surface area contributed by atoms with Crippen molar-refractivity contribution < 1.29 is 24.4 Å². The first-order valence-corrected chi connectivity index (χ1v) is 10.1. The van der Waals surface area contributed by atoms with Crippen molar-refractivity contribution >= 4 is 28.8 Å². The van der Waals surface area contributed by atoms with Crippen LogP contribution in [-0.4, -0.2) is 45.4 Å². The number of aliphatic carboxylic acids is 1. The van der Waals surface area contributed by atoms with E-state index in [2.05, 4.69) is 5.32 Å². The maximum absolute atomic E-state index is 11.8. The van der Waals surface area contributed by atoms with Crippen LogP contribution in [0.3, 0.4) is 0 Å². The molecule has 0 fully saturated rings. The van der Waals surface area contributed by atoms with Crippen LogP contribution in [-0.2, 0) is 14.4 Å². The van der Waals surface area contributed by atoms with Gasteiger partial charge in [0.15, 0.2) is 5.12 Å². The lowest BCUT2D eigenvalue weighted by Gasteiger charge is -2.13. The third-order valence-corrected chi connectivity index (χ3v) is 4.74. The fourth-order valence-corrected chi connectivity index (χ4v) is 3.03. The number of hydrogen-bond acceptors (Lipinski definition) is 6. The summed E-state index contributed by atoms with van der Waals surface area (Å²) < 4.78 is 0. The van der Waals surface area contributed by atoms with Crippen LogP contribution < -0.4 is 5.32 Å². The number of nitrogens with one attached hydrogen (secondary N) is 1. The van der Waals surface area contributed by atoms with Crippen LogP contribution in [0.15, 0.2) is 0 Å². The minimum atomic E-state index is -1.13. The van der Waals surface area contributed by atoms with E-state index >= 15 is 0 Å². The highest BCUT2D eigenvalue weighted by Crippen LogP contribution is 2.11. The van der Waals surface area contributed by atoms with Crippen molar-refractivity contribution in [2.75, 3.05) is 12.3 Å². The van der Waals surface area contributed by atoms with Gasteiger partial charge in [-0.2, -0.15) is 0 Å². The number of amides is 1. The minimum Gasteiger partial charge on any atom is -0.480 e. The highest BCUT2D eigenvalue weighted by atomic mass is 32.2. The number of hydrogen-bond donors (Lipinski definition) is 2. The first-order chi connectivity index (χ1) is 12.3. The Hall–Kier alpha value is -1.64. The third-order valence-electron chi connectivity index (χ3n) is 3.83. The SMILES string of the molecule is CC(=O)SC[C@H](NC(=O)CCCCCCCCCCC[N+](=O)[O-])C(=O)O. The number of carbonyl (C=O) groups is 3. The second kappa shape index (κ2) is 15.6. The summed E-state index contributed by atoms with van der Waals surface area (Å²) in [7, 11) is 0. The van der Waals surface area contributed by atoms with E-state index in [1.807, 2.05) is 0 Å². The molecule has 0 aliphatic heterocycles. The Bertz CT molecular complexity index is 459. The number of rotatable bonds is 16. The van der Waals surface area contributed by atoms with E-state index < -0.39 is 12.0 Å². The average molecular weight is 391 g/mol. The molecule has 150 valence electrons. The van der Waals surface area contributed by atoms with E-state index in [0.717, 1.165) is 56.7 Å². The standard InChI is InChI=1S/C17H30N2O6S/c1-14(20)26-13-15(17(22)23)18-16(21)11-9-7-5-3-2-4-6-8-10-12-19(24)25/h15H,2-13H2,1H3,(H,18,21)(H,22,23)/t15-/m0/s1. The second-order valence-electron chi connectivity index (χ2n) is 6.25. The van der Waals surface area contributed by atoms with Crippen molar-refractivity contribution in [3.8, 4) is 0 Å². The quantitative estimate of drug-likeness (QED) is 0.235. The number of thioether (sulfide) groups is 1. The zero-order chi connectivity index (χ0) is 19.8. The molecule has 0 bridgehead atoms. The molecule has 0 saturated heterocycles. The Morgan fingerprint density at radius 2 is 1.50 bits per heavy atom. The van der Waals surface area contributed by atoms with E-state index in [-0.39, 0.29) is 34.7 Å². The van der Waals surface area contributed by atoms with E-state index in [9.17, 15) is 24.5 Å². The molecular weight excluding hydrogens is 360 g/mol. The topological polar surface area (TPSA) is 127 Å². The predicted molar refractivity (Wildman–Crippen MR) is 101 cm³/mol. The molecule has 1 amide bonds. The van der Waals surface area contributed by atoms with Gasteiger partial charge < -0.3 is 10.4 Å². The fraction of sp³-hybridized carbons (Fsp3) is 0.824. The van der Waals surface area contributed by atoms with Crippen LogP contribution in [0.5, 0.6) is 0 Å². The van der Waals surface area contributed by atoms with E-state index in [0.29, 0.717) is 12.8 Å². The minimum absolute atomic E-state index is 0.0398. The molecule has 1 atom stereocenters. The molecule has 2 N–H and O–H groups in total. The summed E-state index contributed by atoms with van der Waals surface area (Å²) in [6.45, 7) is 1.41. The molecule has 0 aromatic rings. The van der Waals surface area contributed by atoms with Gasteiger partial charge in [0.1, 0.15) is 6.04 Å². The first-order valence-electron chi connectivity index (χ1n) is 9.10. The van der Waals surface area contributed by atoms with Crippen molar-refractivity contribution in [3.63, 3.8) is 0 Å². The molecule has 0 radical (unpaired) electrons. The molecule has 0 spiro atoms. The summed E-state index contributed by atoms with van der Waals surface area (Å²) in [5.74, 6) is -1.39. The van der Waals surface area contributed by atoms with Gasteiger partial charge in [-0.25, -0.2) is 4.79 Å². The Morgan fingerprint density at radius 1 is 1.00 bits per heavy atom. The summed E-state index contributed by atoms with van der Waals surface area (Å²) >= 11 is 0.888. The molecule has 0 aliphatic carbocycles. The van der Waals surface area contributed by atoms with Crippen molar-refractivity contribution in [1.29, 1.82) is 0 Å². The third kappa shape index (κ3) is 15.9. The van der Waals surface area contributed by atoms with Gasteiger partial charge >= 0.3 is 5.97 Å². The van der Waals surface area contributed by atoms with Gasteiger partial charge in [0, 0.05) is 30.4 Å². The summed E-state index contributed by atoms with van der Waals surface area (Å²) in [6, 6.07) is -1.04. The van der Waals surface area contributed by atoms with E-state index in [4.69, 9.17) is 5.11 Å². The second-order valence-corrected chi connectivity index (χ2v) is 7.45. The Morgan fingerprint density at radius 3 is 1.96 bits per heavy atom. The number of carboxylic acids is 1. The molecule has 0 aromatic carbocycles. The van der Waals surface area contributed by atoms with Gasteiger partial charge in [-0.05, 0) is 12.8 Å². The number of nitrogens with zero attached hydrogens (tertiary/aromatic N) is 1. The van der Waals surface area contributed by atoms with E-state index in [1.165, 1.54) is 6.92 Å². The van der Waals surface area contributed by atoms with Crippen molar-refractivity contribution in [1.82, 2.24) is 5.32 Å². The highest BCUT2D eigenvalue weighted by molar-refractivity contribution is 8.13. The molecule has 26 heavy (non-hydrogen) atoms. The maximum Gasteiger partial charge on any atom is 0.327 e. The number of carboxylic acid groups (broad SMARTS) is 1. The molecule has 9 heteroatoms. The van der Waals surface area contributed by atoms with Gasteiger partial charge in [-0.3, -0.25) is 19.7 Å². The van der Waals surface area contributed by atoms with Crippen LogP contribution in [0.25, 0.3) is 0 Å². The lowest BCUT2D eigenvalue weighted by Crippen LogP contribution is -2.42. The molecule has 0 aromatic heterocycles. The molecule has 8 nitrogen and oxygen atoms in total. The summed E-state index contributed by atoms with van der Waals surface area (Å²) in [5.41, 5.74) is 0. The van der Waals surface area contributed by atoms with Gasteiger partial charge in [0.2, 0.25) is 12.5 Å². The lowest BCUT2D eigenvalue weighted by atomic mass is 10.1. The molecule has 0 aliphatic rings. The van der Waals surface area contributed by atoms with Gasteiger partial charge in [0.25, 0.3) is 0 Å². The van der Waals surface area contributed by atoms with Crippen molar-refractivity contribution in [3.05, 3.63) is 10.1 Å². The van der Waals surface area contributed by atoms with Gasteiger partial charge in [0.05, 0.1) is 0 Å². The lowest BCUT2D eigenvalue weighted by molar-refractivity contribution is -0.480. The molecule has 0 rings (SSSR count). The van der Waals surface area contributed by atoms with Crippen LogP contribution in [0.1, 0.15) is 71.1 Å². The predicted octanol–water partition coefficient (Wildman–Crippen LogP) is 3.01. The summed E-state index contributed by atoms with van der Waals surface area (Å²) in [6.07, 6.45) is 8.73. The molecular formula is C17H30N2O6S. The van der Waals surface area contributed by atoms with Gasteiger partial charge in [-0.1, -0.05) is 50.3 Å². The smallest absolute Gasteiger partial charge is 0.327 e. The first kappa shape index (κ1) is 24.4. The van der Waals surface area contributed by atoms with Crippen molar-refractivity contribution in [2.45, 2.75) is 77.2 Å². The zero-order valence-electron chi connectivity index (χ0n) is 15.4. The van der Waals surface area contributed by atoms with E-state index in [1.54, 1.807) is 0 Å². The van der Waals surface area contributed by atoms with Crippen LogP contribution in [0, 0.1) is 10.1 Å². The molecule has 0 heterocycles. The van der Waals surface area contributed by atoms with Crippen LogP contribution in [0.2, 0.25) is 0 Å². The van der Waals surface area contributed by atoms with Crippen molar-refractivity contribution in [2.24, 2.45) is 0 Å². The molecule has 0 saturated carbocycles. The zero-order valence-corrected chi connectivity index (χ0v) is 16.2. The number of unbranched alkanes of at least 4 members (excludes halogenated alkanes) is 8. The summed E-state index contributed by atoms with van der Waals surface area (Å²) in [5, 5.41) is 21.5. The molecule has 0 unspecified atom stereocenters. The monoisotopic (exact) mass is 390 g/mol.